The maximum Gasteiger partial charge on any atom is 0.413 e. The van der Waals surface area contributed by atoms with Crippen molar-refractivity contribution in [1.29, 1.82) is 0 Å². The molecule has 25 heavy (non-hydrogen) atoms. The highest BCUT2D eigenvalue weighted by molar-refractivity contribution is 5.82. The van der Waals surface area contributed by atoms with Crippen molar-refractivity contribution in [2.45, 2.75) is 32.2 Å². The lowest BCUT2D eigenvalue weighted by Crippen LogP contribution is -2.44. The zero-order valence-corrected chi connectivity index (χ0v) is 14.7. The molecule has 5 heteroatoms. The number of nitrogens with one attached hydrogen (secondary N) is 1. The molecule has 2 rings (SSSR count). The minimum absolute atomic E-state index is 0.328. The Morgan fingerprint density at radius 3 is 2.20 bits per heavy atom. The molecule has 0 fully saturated rings. The number of carbonyl (C=O) groups is 2. The lowest BCUT2D eigenvalue weighted by Gasteiger charge is -2.17. The SMILES string of the molecule is COC(=O)C(Cc1ccc(C(C)C)cc1)NC(=O)Oc1ccccc1. The van der Waals surface area contributed by atoms with Crippen molar-refractivity contribution in [3.8, 4) is 5.75 Å². The lowest BCUT2D eigenvalue weighted by atomic mass is 9.99. The molecule has 1 atom stereocenters. The first kappa shape index (κ1) is 18.5. The van der Waals surface area contributed by atoms with Gasteiger partial charge in [0.2, 0.25) is 0 Å². The molecule has 0 saturated heterocycles. The van der Waals surface area contributed by atoms with E-state index in [2.05, 4.69) is 19.2 Å². The van der Waals surface area contributed by atoms with E-state index >= 15 is 0 Å². The zero-order valence-electron chi connectivity index (χ0n) is 14.7. The van der Waals surface area contributed by atoms with E-state index < -0.39 is 18.1 Å². The smallest absolute Gasteiger partial charge is 0.413 e. The van der Waals surface area contributed by atoms with Gasteiger partial charge in [-0.2, -0.15) is 0 Å². The van der Waals surface area contributed by atoms with Crippen LogP contribution in [0, 0.1) is 0 Å². The summed E-state index contributed by atoms with van der Waals surface area (Å²) in [5.74, 6) is 0.326. The van der Waals surface area contributed by atoms with Gasteiger partial charge in [-0.15, -0.1) is 0 Å². The molecule has 5 nitrogen and oxygen atoms in total. The van der Waals surface area contributed by atoms with Gasteiger partial charge in [0.15, 0.2) is 0 Å². The molecule has 0 aliphatic heterocycles. The van der Waals surface area contributed by atoms with E-state index in [1.54, 1.807) is 24.3 Å². The highest BCUT2D eigenvalue weighted by Gasteiger charge is 2.23. The number of benzene rings is 2. The number of rotatable bonds is 6. The van der Waals surface area contributed by atoms with Gasteiger partial charge < -0.3 is 14.8 Å². The summed E-state index contributed by atoms with van der Waals surface area (Å²) in [6.45, 7) is 4.24. The van der Waals surface area contributed by atoms with Crippen molar-refractivity contribution in [3.63, 3.8) is 0 Å². The van der Waals surface area contributed by atoms with Crippen LogP contribution in [0.15, 0.2) is 54.6 Å². The van der Waals surface area contributed by atoms with E-state index in [0.717, 1.165) is 5.56 Å². The number of amides is 1. The van der Waals surface area contributed by atoms with E-state index in [-0.39, 0.29) is 0 Å². The fourth-order valence-electron chi connectivity index (χ4n) is 2.38. The number of carbonyl (C=O) groups excluding carboxylic acids is 2. The Bertz CT molecular complexity index is 695. The van der Waals surface area contributed by atoms with E-state index in [1.807, 2.05) is 30.3 Å². The molecule has 0 heterocycles. The normalized spacial score (nSPS) is 11.7. The molecule has 2 aromatic carbocycles. The first-order valence-corrected chi connectivity index (χ1v) is 8.19. The summed E-state index contributed by atoms with van der Waals surface area (Å²) >= 11 is 0. The molecule has 1 amide bonds. The second-order valence-corrected chi connectivity index (χ2v) is 6.02. The standard InChI is InChI=1S/C20H23NO4/c1-14(2)16-11-9-15(10-12-16)13-18(19(22)24-3)21-20(23)25-17-7-5-4-6-8-17/h4-12,14,18H,13H2,1-3H3,(H,21,23). The Balaban J connectivity index is 2.03. The van der Waals surface area contributed by atoms with Crippen molar-refractivity contribution in [3.05, 3.63) is 65.7 Å². The Morgan fingerprint density at radius 1 is 1.00 bits per heavy atom. The van der Waals surface area contributed by atoms with Gasteiger partial charge in [0.25, 0.3) is 0 Å². The number of ether oxygens (including phenoxy) is 2. The minimum atomic E-state index is -0.814. The van der Waals surface area contributed by atoms with Gasteiger partial charge in [-0.05, 0) is 29.2 Å². The third-order valence-corrected chi connectivity index (χ3v) is 3.82. The first-order valence-electron chi connectivity index (χ1n) is 8.19. The summed E-state index contributed by atoms with van der Waals surface area (Å²) in [7, 11) is 1.29. The Labute approximate surface area is 148 Å². The van der Waals surface area contributed by atoms with Crippen LogP contribution >= 0.6 is 0 Å². The molecule has 132 valence electrons. The van der Waals surface area contributed by atoms with Crippen molar-refractivity contribution >= 4 is 12.1 Å². The van der Waals surface area contributed by atoms with Crippen LogP contribution < -0.4 is 10.1 Å². The van der Waals surface area contributed by atoms with Crippen LogP contribution in [0.4, 0.5) is 4.79 Å². The predicted molar refractivity (Wildman–Crippen MR) is 95.6 cm³/mol. The average molecular weight is 341 g/mol. The number of esters is 1. The largest absolute Gasteiger partial charge is 0.467 e. The highest BCUT2D eigenvalue weighted by Crippen LogP contribution is 2.16. The van der Waals surface area contributed by atoms with Crippen LogP contribution in [0.2, 0.25) is 0 Å². The van der Waals surface area contributed by atoms with Gasteiger partial charge in [-0.1, -0.05) is 56.3 Å². The summed E-state index contributed by atoms with van der Waals surface area (Å²) in [5.41, 5.74) is 2.15. The van der Waals surface area contributed by atoms with Crippen LogP contribution in [0.1, 0.15) is 30.9 Å². The molecule has 1 N–H and O–H groups in total. The van der Waals surface area contributed by atoms with Gasteiger partial charge in [-0.3, -0.25) is 0 Å². The Hall–Kier alpha value is -2.82. The van der Waals surface area contributed by atoms with Crippen molar-refractivity contribution in [1.82, 2.24) is 5.32 Å². The summed E-state index contributed by atoms with van der Waals surface area (Å²) in [4.78, 5) is 24.0. The highest BCUT2D eigenvalue weighted by atomic mass is 16.6. The second-order valence-electron chi connectivity index (χ2n) is 6.02. The third-order valence-electron chi connectivity index (χ3n) is 3.82. The van der Waals surface area contributed by atoms with E-state index in [1.165, 1.54) is 12.7 Å². The lowest BCUT2D eigenvalue weighted by molar-refractivity contribution is -0.142. The molecule has 0 aromatic heterocycles. The molecule has 0 radical (unpaired) electrons. The number of para-hydroxylation sites is 1. The number of hydrogen-bond donors (Lipinski definition) is 1. The fraction of sp³-hybridized carbons (Fsp3) is 0.300. The van der Waals surface area contributed by atoms with Crippen LogP contribution in [-0.2, 0) is 16.0 Å². The summed E-state index contributed by atoms with van der Waals surface area (Å²) in [6.07, 6.45) is -0.366. The first-order chi connectivity index (χ1) is 12.0. The molecule has 2 aromatic rings. The van der Waals surface area contributed by atoms with Crippen molar-refractivity contribution in [2.75, 3.05) is 7.11 Å². The number of hydrogen-bond acceptors (Lipinski definition) is 4. The van der Waals surface area contributed by atoms with Crippen LogP contribution in [0.25, 0.3) is 0 Å². The van der Waals surface area contributed by atoms with E-state index in [0.29, 0.717) is 18.1 Å². The topological polar surface area (TPSA) is 64.6 Å². The van der Waals surface area contributed by atoms with Gasteiger partial charge >= 0.3 is 12.1 Å². The Morgan fingerprint density at radius 2 is 1.64 bits per heavy atom. The van der Waals surface area contributed by atoms with Crippen LogP contribution in [0.3, 0.4) is 0 Å². The van der Waals surface area contributed by atoms with Gasteiger partial charge in [0.05, 0.1) is 7.11 Å². The molecular formula is C20H23NO4. The predicted octanol–water partition coefficient (Wildman–Crippen LogP) is 3.68. The van der Waals surface area contributed by atoms with E-state index in [4.69, 9.17) is 9.47 Å². The molecule has 1 unspecified atom stereocenters. The molecule has 0 aliphatic rings. The molecule has 0 aliphatic carbocycles. The fourth-order valence-corrected chi connectivity index (χ4v) is 2.38. The molecular weight excluding hydrogens is 318 g/mol. The summed E-state index contributed by atoms with van der Waals surface area (Å²) in [5, 5.41) is 2.57. The molecule has 0 spiro atoms. The molecule has 0 saturated carbocycles. The maximum atomic E-state index is 12.0. The number of methoxy groups -OCH3 is 1. The second kappa shape index (κ2) is 8.87. The van der Waals surface area contributed by atoms with Gasteiger partial charge in [0, 0.05) is 6.42 Å². The summed E-state index contributed by atoms with van der Waals surface area (Å²) < 4.78 is 9.96. The average Bonchev–Trinajstić information content (AvgIpc) is 2.61. The van der Waals surface area contributed by atoms with Crippen molar-refractivity contribution < 1.29 is 19.1 Å². The molecule has 0 bridgehead atoms. The van der Waals surface area contributed by atoms with Crippen molar-refractivity contribution in [2.24, 2.45) is 0 Å². The van der Waals surface area contributed by atoms with Gasteiger partial charge in [0.1, 0.15) is 11.8 Å². The summed E-state index contributed by atoms with van der Waals surface area (Å²) in [6, 6.07) is 15.8. The maximum absolute atomic E-state index is 12.0. The zero-order chi connectivity index (χ0) is 18.2. The monoisotopic (exact) mass is 341 g/mol. The Kier molecular flexibility index (Phi) is 6.57. The third kappa shape index (κ3) is 5.64. The van der Waals surface area contributed by atoms with Crippen LogP contribution in [-0.4, -0.2) is 25.2 Å². The van der Waals surface area contributed by atoms with Gasteiger partial charge in [-0.25, -0.2) is 9.59 Å². The van der Waals surface area contributed by atoms with E-state index in [9.17, 15) is 9.59 Å². The van der Waals surface area contributed by atoms with Crippen LogP contribution in [0.5, 0.6) is 5.75 Å². The minimum Gasteiger partial charge on any atom is -0.467 e. The quantitative estimate of drug-likeness (QED) is 0.814.